The lowest BCUT2D eigenvalue weighted by atomic mass is 9.94. The normalized spacial score (nSPS) is 34.1. The van der Waals surface area contributed by atoms with Crippen LogP contribution in [-0.4, -0.2) is 17.5 Å². The lowest BCUT2D eigenvalue weighted by Gasteiger charge is -2.22. The van der Waals surface area contributed by atoms with Crippen molar-refractivity contribution in [2.24, 2.45) is 11.7 Å². The number of hydrogen-bond donors (Lipinski definition) is 2. The minimum Gasteiger partial charge on any atom is -0.353 e. The summed E-state index contributed by atoms with van der Waals surface area (Å²) in [5, 5.41) is 3.04. The predicted octanol–water partition coefficient (Wildman–Crippen LogP) is 1.17. The molecule has 0 heterocycles. The highest BCUT2D eigenvalue weighted by atomic mass is 16.1. The Hall–Kier alpha value is -0.570. The first kappa shape index (κ1) is 9.97. The van der Waals surface area contributed by atoms with Gasteiger partial charge in [0.05, 0.1) is 0 Å². The molecule has 3 nitrogen and oxygen atoms in total. The van der Waals surface area contributed by atoms with Gasteiger partial charge in [0.1, 0.15) is 0 Å². The van der Waals surface area contributed by atoms with Crippen LogP contribution in [0.2, 0.25) is 0 Å². The minimum atomic E-state index is -0.192. The lowest BCUT2D eigenvalue weighted by Crippen LogP contribution is -2.42. The molecule has 3 N–H and O–H groups in total. The second-order valence-corrected chi connectivity index (χ2v) is 5.13. The van der Waals surface area contributed by atoms with Gasteiger partial charge in [0.15, 0.2) is 0 Å². The fraction of sp³-hybridized carbons (Fsp3) is 0.909. The maximum atomic E-state index is 11.6. The van der Waals surface area contributed by atoms with Crippen LogP contribution >= 0.6 is 0 Å². The van der Waals surface area contributed by atoms with Crippen LogP contribution in [0.3, 0.4) is 0 Å². The average Bonchev–Trinajstić information content (AvgIpc) is 2.61. The Morgan fingerprint density at radius 1 is 1.50 bits per heavy atom. The summed E-state index contributed by atoms with van der Waals surface area (Å²) in [6.45, 7) is 2.17. The molecule has 0 aromatic rings. The van der Waals surface area contributed by atoms with Crippen molar-refractivity contribution < 1.29 is 4.79 Å². The fourth-order valence-electron chi connectivity index (χ4n) is 2.36. The van der Waals surface area contributed by atoms with Crippen LogP contribution in [0.15, 0.2) is 0 Å². The molecule has 2 atom stereocenters. The zero-order chi connectivity index (χ0) is 10.2. The molecule has 0 spiro atoms. The summed E-state index contributed by atoms with van der Waals surface area (Å²) < 4.78 is 0. The molecule has 2 saturated carbocycles. The monoisotopic (exact) mass is 196 g/mol. The van der Waals surface area contributed by atoms with E-state index in [9.17, 15) is 4.79 Å². The number of nitrogens with two attached hydrogens (primary N) is 1. The summed E-state index contributed by atoms with van der Waals surface area (Å²) in [7, 11) is 0. The first-order chi connectivity index (χ1) is 6.59. The third-order valence-corrected chi connectivity index (χ3v) is 3.57. The molecule has 0 aliphatic heterocycles. The van der Waals surface area contributed by atoms with E-state index in [0.717, 1.165) is 19.3 Å². The smallest absolute Gasteiger partial charge is 0.222 e. The van der Waals surface area contributed by atoms with Crippen molar-refractivity contribution in [3.63, 3.8) is 0 Å². The van der Waals surface area contributed by atoms with E-state index in [2.05, 4.69) is 12.2 Å². The largest absolute Gasteiger partial charge is 0.353 e. The summed E-state index contributed by atoms with van der Waals surface area (Å²) in [4.78, 5) is 11.6. The van der Waals surface area contributed by atoms with Crippen LogP contribution in [0, 0.1) is 5.92 Å². The Morgan fingerprint density at radius 3 is 2.57 bits per heavy atom. The Labute approximate surface area is 85.4 Å². The number of amides is 1. The summed E-state index contributed by atoms with van der Waals surface area (Å²) in [5.74, 6) is 0.833. The molecule has 2 aliphatic rings. The molecule has 3 heteroatoms. The van der Waals surface area contributed by atoms with Gasteiger partial charge in [-0.2, -0.15) is 0 Å². The number of carbonyl (C=O) groups is 1. The van der Waals surface area contributed by atoms with Gasteiger partial charge < -0.3 is 11.1 Å². The molecule has 1 amide bonds. The number of nitrogens with one attached hydrogen (secondary N) is 1. The summed E-state index contributed by atoms with van der Waals surface area (Å²) in [6, 6.07) is 0.438. The van der Waals surface area contributed by atoms with Crippen LogP contribution < -0.4 is 11.1 Å². The first-order valence-electron chi connectivity index (χ1n) is 5.67. The fourth-order valence-corrected chi connectivity index (χ4v) is 2.36. The van der Waals surface area contributed by atoms with Crippen LogP contribution in [0.4, 0.5) is 0 Å². The van der Waals surface area contributed by atoms with E-state index in [1.165, 1.54) is 12.8 Å². The maximum absolute atomic E-state index is 11.6. The van der Waals surface area contributed by atoms with E-state index in [-0.39, 0.29) is 11.4 Å². The molecule has 0 saturated heterocycles. The highest BCUT2D eigenvalue weighted by Crippen LogP contribution is 2.32. The van der Waals surface area contributed by atoms with Crippen LogP contribution in [0.5, 0.6) is 0 Å². The maximum Gasteiger partial charge on any atom is 0.222 e. The van der Waals surface area contributed by atoms with E-state index in [0.29, 0.717) is 18.4 Å². The SMILES string of the molecule is CC1CC1NC(=O)CC1(N)CCCC1. The molecule has 0 aromatic carbocycles. The highest BCUT2D eigenvalue weighted by Gasteiger charge is 2.36. The summed E-state index contributed by atoms with van der Waals surface area (Å²) >= 11 is 0. The van der Waals surface area contributed by atoms with Gasteiger partial charge in [-0.15, -0.1) is 0 Å². The highest BCUT2D eigenvalue weighted by molar-refractivity contribution is 5.78. The Morgan fingerprint density at radius 2 is 2.07 bits per heavy atom. The van der Waals surface area contributed by atoms with Crippen LogP contribution in [0.1, 0.15) is 45.4 Å². The van der Waals surface area contributed by atoms with Crippen LogP contribution in [-0.2, 0) is 4.79 Å². The molecule has 2 aliphatic carbocycles. The molecule has 2 rings (SSSR count). The van der Waals surface area contributed by atoms with Crippen molar-refractivity contribution in [2.75, 3.05) is 0 Å². The standard InChI is InChI=1S/C11H20N2O/c1-8-6-9(8)13-10(14)7-11(12)4-2-3-5-11/h8-9H,2-7,12H2,1H3,(H,13,14). The van der Waals surface area contributed by atoms with Crippen molar-refractivity contribution in [1.29, 1.82) is 0 Å². The zero-order valence-electron chi connectivity index (χ0n) is 8.88. The molecule has 80 valence electrons. The van der Waals surface area contributed by atoms with Gasteiger partial charge in [0, 0.05) is 18.0 Å². The molecule has 0 aromatic heterocycles. The number of carbonyl (C=O) groups excluding carboxylic acids is 1. The van der Waals surface area contributed by atoms with Gasteiger partial charge in [-0.3, -0.25) is 4.79 Å². The van der Waals surface area contributed by atoms with Gasteiger partial charge in [0.2, 0.25) is 5.91 Å². The van der Waals surface area contributed by atoms with Crippen molar-refractivity contribution in [3.8, 4) is 0 Å². The van der Waals surface area contributed by atoms with E-state index in [1.807, 2.05) is 0 Å². The van der Waals surface area contributed by atoms with Crippen molar-refractivity contribution in [2.45, 2.75) is 57.0 Å². The zero-order valence-corrected chi connectivity index (χ0v) is 8.88. The summed E-state index contributed by atoms with van der Waals surface area (Å²) in [5.41, 5.74) is 5.94. The summed E-state index contributed by atoms with van der Waals surface area (Å²) in [6.07, 6.45) is 6.06. The molecular weight excluding hydrogens is 176 g/mol. The second-order valence-electron chi connectivity index (χ2n) is 5.13. The molecule has 2 unspecified atom stereocenters. The molecule has 2 fully saturated rings. The lowest BCUT2D eigenvalue weighted by molar-refractivity contribution is -0.122. The predicted molar refractivity (Wildman–Crippen MR) is 55.7 cm³/mol. The third kappa shape index (κ3) is 2.27. The van der Waals surface area contributed by atoms with Gasteiger partial charge in [-0.1, -0.05) is 19.8 Å². The van der Waals surface area contributed by atoms with E-state index >= 15 is 0 Å². The third-order valence-electron chi connectivity index (χ3n) is 3.57. The Balaban J connectivity index is 1.76. The molecule has 0 bridgehead atoms. The van der Waals surface area contributed by atoms with E-state index < -0.39 is 0 Å². The first-order valence-corrected chi connectivity index (χ1v) is 5.67. The Kier molecular flexibility index (Phi) is 2.52. The van der Waals surface area contributed by atoms with Crippen LogP contribution in [0.25, 0.3) is 0 Å². The topological polar surface area (TPSA) is 55.1 Å². The molecule has 14 heavy (non-hydrogen) atoms. The second kappa shape index (κ2) is 3.54. The van der Waals surface area contributed by atoms with E-state index in [1.54, 1.807) is 0 Å². The van der Waals surface area contributed by atoms with Gasteiger partial charge in [-0.25, -0.2) is 0 Å². The quantitative estimate of drug-likeness (QED) is 0.712. The Bertz CT molecular complexity index is 233. The van der Waals surface area contributed by atoms with E-state index in [4.69, 9.17) is 5.73 Å². The van der Waals surface area contributed by atoms with Gasteiger partial charge in [0.25, 0.3) is 0 Å². The van der Waals surface area contributed by atoms with Crippen molar-refractivity contribution >= 4 is 5.91 Å². The molecule has 0 radical (unpaired) electrons. The molecular formula is C11H20N2O. The number of rotatable bonds is 3. The van der Waals surface area contributed by atoms with Crippen molar-refractivity contribution in [1.82, 2.24) is 5.32 Å². The number of hydrogen-bond acceptors (Lipinski definition) is 2. The minimum absolute atomic E-state index is 0.156. The van der Waals surface area contributed by atoms with Gasteiger partial charge >= 0.3 is 0 Å². The van der Waals surface area contributed by atoms with Gasteiger partial charge in [-0.05, 0) is 25.2 Å². The average molecular weight is 196 g/mol. The van der Waals surface area contributed by atoms with Crippen molar-refractivity contribution in [3.05, 3.63) is 0 Å².